The summed E-state index contributed by atoms with van der Waals surface area (Å²) in [7, 11) is -0.691. The lowest BCUT2D eigenvalue weighted by atomic mass is 9.99. The van der Waals surface area contributed by atoms with Crippen LogP contribution in [-0.2, 0) is 39.8 Å². The third kappa shape index (κ3) is 8.92. The molecule has 0 fully saturated rings. The highest BCUT2D eigenvalue weighted by Gasteiger charge is 2.40. The molecule has 2 heterocycles. The lowest BCUT2D eigenvalue weighted by molar-refractivity contribution is -0.186. The van der Waals surface area contributed by atoms with E-state index in [4.69, 9.17) is 10.5 Å². The molecule has 0 radical (unpaired) electrons. The molecule has 1 aliphatic heterocycles. The number of hydrogen-bond acceptors (Lipinski definition) is 8. The van der Waals surface area contributed by atoms with Crippen LogP contribution in [0, 0.1) is 17.5 Å². The average Bonchev–Trinajstić information content (AvgIpc) is 3.37. The maximum atomic E-state index is 14.4. The van der Waals surface area contributed by atoms with Crippen molar-refractivity contribution in [1.82, 2.24) is 25.0 Å². The van der Waals surface area contributed by atoms with Crippen molar-refractivity contribution in [1.29, 1.82) is 0 Å². The first-order valence-electron chi connectivity index (χ1n) is 12.0. The SMILES string of the molecule is CC(NC(CC(=O)N1CCn2c(nnc2C(F)(F)F)C1)Cc1cc(F)c(F)cc1F)c1ccccc1.OOPOO. The van der Waals surface area contributed by atoms with Gasteiger partial charge in [-0.3, -0.25) is 4.79 Å². The van der Waals surface area contributed by atoms with Gasteiger partial charge in [0.05, 0.1) is 6.54 Å². The van der Waals surface area contributed by atoms with Crippen LogP contribution in [0.5, 0.6) is 0 Å². The monoisotopic (exact) mass is 609 g/mol. The lowest BCUT2D eigenvalue weighted by Gasteiger charge is -2.30. The zero-order chi connectivity index (χ0) is 30.2. The van der Waals surface area contributed by atoms with E-state index >= 15 is 0 Å². The molecule has 3 aromatic rings. The molecule has 4 rings (SSSR count). The quantitative estimate of drug-likeness (QED) is 0.103. The Kier molecular flexibility index (Phi) is 11.6. The molecule has 224 valence electrons. The maximum Gasteiger partial charge on any atom is 0.451 e. The van der Waals surface area contributed by atoms with Gasteiger partial charge in [-0.1, -0.05) is 30.3 Å². The second-order valence-electron chi connectivity index (χ2n) is 8.93. The molecule has 0 saturated carbocycles. The number of nitrogens with one attached hydrogen (secondary N) is 1. The zero-order valence-electron chi connectivity index (χ0n) is 21.4. The summed E-state index contributed by atoms with van der Waals surface area (Å²) in [6, 6.07) is 9.51. The summed E-state index contributed by atoms with van der Waals surface area (Å²) in [5, 5.41) is 24.6. The molecule has 10 nitrogen and oxygen atoms in total. The number of halogens is 6. The van der Waals surface area contributed by atoms with Gasteiger partial charge in [-0.05, 0) is 30.5 Å². The van der Waals surface area contributed by atoms with Crippen LogP contribution in [0.15, 0.2) is 42.5 Å². The van der Waals surface area contributed by atoms with Gasteiger partial charge in [-0.15, -0.1) is 10.2 Å². The van der Waals surface area contributed by atoms with Crippen molar-refractivity contribution < 1.29 is 51.0 Å². The fraction of sp³-hybridized carbons (Fsp3) is 0.375. The Morgan fingerprint density at radius 2 is 1.71 bits per heavy atom. The van der Waals surface area contributed by atoms with Crippen LogP contribution >= 0.6 is 9.03 Å². The van der Waals surface area contributed by atoms with Crippen molar-refractivity contribution in [3.05, 3.63) is 82.7 Å². The van der Waals surface area contributed by atoms with Crippen LogP contribution in [0.4, 0.5) is 26.3 Å². The van der Waals surface area contributed by atoms with E-state index in [1.165, 1.54) is 4.90 Å². The predicted octanol–water partition coefficient (Wildman–Crippen LogP) is 4.88. The minimum absolute atomic E-state index is 0.00739. The number of rotatable bonds is 9. The molecule has 2 atom stereocenters. The first-order chi connectivity index (χ1) is 19.4. The fourth-order valence-corrected chi connectivity index (χ4v) is 4.34. The van der Waals surface area contributed by atoms with Crippen molar-refractivity contribution in [2.75, 3.05) is 6.54 Å². The van der Waals surface area contributed by atoms with Crippen molar-refractivity contribution in [3.63, 3.8) is 0 Å². The van der Waals surface area contributed by atoms with Gasteiger partial charge in [-0.25, -0.2) is 23.7 Å². The van der Waals surface area contributed by atoms with E-state index < -0.39 is 50.4 Å². The molecule has 2 aromatic carbocycles. The van der Waals surface area contributed by atoms with Gasteiger partial charge in [-0.2, -0.15) is 22.5 Å². The number of amides is 1. The maximum absolute atomic E-state index is 14.4. The van der Waals surface area contributed by atoms with E-state index in [1.54, 1.807) is 0 Å². The van der Waals surface area contributed by atoms with Crippen LogP contribution < -0.4 is 5.32 Å². The highest BCUT2D eigenvalue weighted by Crippen LogP contribution is 2.29. The van der Waals surface area contributed by atoms with Crippen LogP contribution in [0.25, 0.3) is 0 Å². The summed E-state index contributed by atoms with van der Waals surface area (Å²) in [6.45, 7) is 1.56. The summed E-state index contributed by atoms with van der Waals surface area (Å²) < 4.78 is 88.3. The van der Waals surface area contributed by atoms with Crippen LogP contribution in [0.3, 0.4) is 0 Å². The third-order valence-corrected chi connectivity index (χ3v) is 6.34. The van der Waals surface area contributed by atoms with Crippen molar-refractivity contribution in [3.8, 4) is 0 Å². The Hall–Kier alpha value is -3.14. The van der Waals surface area contributed by atoms with E-state index in [0.717, 1.165) is 16.2 Å². The molecule has 41 heavy (non-hydrogen) atoms. The minimum Gasteiger partial charge on any atom is -0.333 e. The van der Waals surface area contributed by atoms with Gasteiger partial charge in [0, 0.05) is 37.7 Å². The average molecular weight is 609 g/mol. The molecular formula is C24H26F6N5O5P. The van der Waals surface area contributed by atoms with Crippen LogP contribution in [0.1, 0.15) is 42.2 Å². The van der Waals surface area contributed by atoms with Crippen molar-refractivity contribution >= 4 is 14.9 Å². The van der Waals surface area contributed by atoms with Crippen LogP contribution in [0.2, 0.25) is 0 Å². The smallest absolute Gasteiger partial charge is 0.333 e. The number of carbonyl (C=O) groups excluding carboxylic acids is 1. The summed E-state index contributed by atoms with van der Waals surface area (Å²) in [5.74, 6) is -4.97. The number of hydrogen-bond donors (Lipinski definition) is 3. The molecule has 0 spiro atoms. The first kappa shape index (κ1) is 32.4. The number of carbonyl (C=O) groups is 1. The number of aromatic nitrogens is 3. The Bertz CT molecular complexity index is 1300. The Morgan fingerprint density at radius 3 is 2.32 bits per heavy atom. The molecule has 1 aliphatic rings. The Labute approximate surface area is 231 Å². The standard InChI is InChI=1S/C24H23F6N5O.H3O4P/c1-14(15-5-3-2-4-6-15)31-17(9-16-10-19(26)20(27)12-18(16)25)11-22(36)34-7-8-35-21(13-34)32-33-23(35)24(28,29)30;1-3-5-4-2/h2-6,10,12,14,17,31H,7-9,11,13H2,1H3;1-2,5H. The van der Waals surface area contributed by atoms with E-state index in [-0.39, 0.29) is 49.9 Å². The molecule has 0 aliphatic carbocycles. The number of fused-ring (bicyclic) bond motifs is 1. The van der Waals surface area contributed by atoms with Crippen molar-refractivity contribution in [2.45, 2.75) is 51.1 Å². The molecule has 17 heteroatoms. The van der Waals surface area contributed by atoms with Gasteiger partial charge in [0.25, 0.3) is 0 Å². The summed E-state index contributed by atoms with van der Waals surface area (Å²) in [6.07, 6.45) is -4.93. The van der Waals surface area contributed by atoms with E-state index in [2.05, 4.69) is 24.9 Å². The molecule has 3 N–H and O–H groups in total. The second kappa shape index (κ2) is 14.7. The second-order valence-corrected chi connectivity index (χ2v) is 9.46. The van der Waals surface area contributed by atoms with Gasteiger partial charge >= 0.3 is 6.18 Å². The molecular weight excluding hydrogens is 583 g/mol. The first-order valence-corrected chi connectivity index (χ1v) is 12.8. The van der Waals surface area contributed by atoms with Gasteiger partial charge in [0.1, 0.15) is 5.82 Å². The Morgan fingerprint density at radius 1 is 1.05 bits per heavy atom. The van der Waals surface area contributed by atoms with Crippen LogP contribution in [-0.4, -0.2) is 48.7 Å². The summed E-state index contributed by atoms with van der Waals surface area (Å²) in [4.78, 5) is 14.5. The molecule has 1 aromatic heterocycles. The number of alkyl halides is 3. The highest BCUT2D eigenvalue weighted by molar-refractivity contribution is 7.25. The van der Waals surface area contributed by atoms with Gasteiger partial charge in [0.15, 0.2) is 17.5 Å². The molecule has 0 bridgehead atoms. The Balaban J connectivity index is 0.000000850. The van der Waals surface area contributed by atoms with Crippen molar-refractivity contribution in [2.24, 2.45) is 0 Å². The number of nitrogens with zero attached hydrogens (tertiary/aromatic N) is 4. The van der Waals surface area contributed by atoms with E-state index in [9.17, 15) is 31.1 Å². The number of benzene rings is 2. The topological polar surface area (TPSA) is 122 Å². The zero-order valence-corrected chi connectivity index (χ0v) is 22.4. The summed E-state index contributed by atoms with van der Waals surface area (Å²) >= 11 is 0. The van der Waals surface area contributed by atoms with E-state index in [1.807, 2.05) is 37.3 Å². The fourth-order valence-electron chi connectivity index (χ4n) is 4.30. The normalized spacial score (nSPS) is 14.6. The lowest BCUT2D eigenvalue weighted by Crippen LogP contribution is -2.43. The minimum atomic E-state index is -4.66. The molecule has 1 amide bonds. The van der Waals surface area contributed by atoms with E-state index in [0.29, 0.717) is 6.07 Å². The molecule has 2 unspecified atom stereocenters. The summed E-state index contributed by atoms with van der Waals surface area (Å²) in [5.41, 5.74) is 0.791. The highest BCUT2D eigenvalue weighted by atomic mass is 31.1. The molecule has 0 saturated heterocycles. The van der Waals surface area contributed by atoms with Gasteiger partial charge < -0.3 is 14.8 Å². The third-order valence-electron chi connectivity index (χ3n) is 6.20. The predicted molar refractivity (Wildman–Crippen MR) is 133 cm³/mol. The largest absolute Gasteiger partial charge is 0.451 e. The van der Waals surface area contributed by atoms with Gasteiger partial charge in [0.2, 0.25) is 20.8 Å².